The third-order valence-corrected chi connectivity index (χ3v) is 2.68. The zero-order chi connectivity index (χ0) is 9.68. The lowest BCUT2D eigenvalue weighted by Gasteiger charge is -2.19. The molecule has 0 bridgehead atoms. The first-order chi connectivity index (χ1) is 6.27. The van der Waals surface area contributed by atoms with Crippen LogP contribution in [0.1, 0.15) is 39.5 Å². The monoisotopic (exact) mass is 185 g/mol. The molecule has 76 valence electrons. The zero-order valence-corrected chi connectivity index (χ0v) is 8.51. The Bertz CT molecular complexity index is 170. The van der Waals surface area contributed by atoms with Crippen LogP contribution in [0.3, 0.4) is 0 Å². The van der Waals surface area contributed by atoms with E-state index in [1.165, 1.54) is 19.3 Å². The second kappa shape index (κ2) is 5.10. The Kier molecular flexibility index (Phi) is 4.06. The standard InChI is InChI=1S/C10H19NO2/c1-3-5-6-8(4-2)9-7-11-10(12)13-9/h8-9H,3-7H2,1-2H3,(H,11,12). The van der Waals surface area contributed by atoms with E-state index in [0.717, 1.165) is 6.42 Å². The van der Waals surface area contributed by atoms with E-state index in [1.54, 1.807) is 0 Å². The lowest BCUT2D eigenvalue weighted by molar-refractivity contribution is 0.0986. The van der Waals surface area contributed by atoms with Gasteiger partial charge >= 0.3 is 6.09 Å². The Morgan fingerprint density at radius 2 is 2.38 bits per heavy atom. The van der Waals surface area contributed by atoms with Crippen molar-refractivity contribution in [2.45, 2.75) is 45.6 Å². The Labute approximate surface area is 79.8 Å². The number of hydrogen-bond acceptors (Lipinski definition) is 2. The van der Waals surface area contributed by atoms with Crippen molar-refractivity contribution < 1.29 is 9.53 Å². The molecule has 3 nitrogen and oxygen atoms in total. The molecule has 1 fully saturated rings. The van der Waals surface area contributed by atoms with E-state index in [4.69, 9.17) is 4.74 Å². The first kappa shape index (κ1) is 10.4. The number of amides is 1. The predicted octanol–water partition coefficient (Wildman–Crippen LogP) is 2.31. The number of cyclic esters (lactones) is 1. The molecule has 2 unspecified atom stereocenters. The minimum Gasteiger partial charge on any atom is -0.444 e. The van der Waals surface area contributed by atoms with Gasteiger partial charge in [0, 0.05) is 0 Å². The van der Waals surface area contributed by atoms with Crippen LogP contribution in [0.2, 0.25) is 0 Å². The van der Waals surface area contributed by atoms with Gasteiger partial charge in [-0.1, -0.05) is 26.7 Å². The summed E-state index contributed by atoms with van der Waals surface area (Å²) < 4.78 is 5.16. The maximum atomic E-state index is 10.8. The highest BCUT2D eigenvalue weighted by Gasteiger charge is 2.28. The molecular weight excluding hydrogens is 166 g/mol. The van der Waals surface area contributed by atoms with E-state index in [1.807, 2.05) is 0 Å². The molecule has 1 rings (SSSR count). The van der Waals surface area contributed by atoms with Gasteiger partial charge in [-0.25, -0.2) is 4.79 Å². The molecule has 1 aliphatic heterocycles. The van der Waals surface area contributed by atoms with Crippen molar-refractivity contribution >= 4 is 6.09 Å². The van der Waals surface area contributed by atoms with E-state index in [2.05, 4.69) is 19.2 Å². The molecule has 0 spiro atoms. The van der Waals surface area contributed by atoms with Crippen LogP contribution in [0.5, 0.6) is 0 Å². The van der Waals surface area contributed by atoms with Gasteiger partial charge in [-0.05, 0) is 18.8 Å². The Balaban J connectivity index is 2.33. The highest BCUT2D eigenvalue weighted by Crippen LogP contribution is 2.21. The van der Waals surface area contributed by atoms with Crippen LogP contribution < -0.4 is 5.32 Å². The van der Waals surface area contributed by atoms with Crippen LogP contribution in [0, 0.1) is 5.92 Å². The zero-order valence-electron chi connectivity index (χ0n) is 8.51. The molecule has 0 aromatic rings. The summed E-state index contributed by atoms with van der Waals surface area (Å²) in [5.74, 6) is 0.541. The minimum atomic E-state index is -0.250. The van der Waals surface area contributed by atoms with E-state index < -0.39 is 0 Å². The lowest BCUT2D eigenvalue weighted by Crippen LogP contribution is -2.24. The van der Waals surface area contributed by atoms with Gasteiger partial charge < -0.3 is 10.1 Å². The average molecular weight is 185 g/mol. The third-order valence-electron chi connectivity index (χ3n) is 2.68. The van der Waals surface area contributed by atoms with Crippen LogP contribution in [0.4, 0.5) is 4.79 Å². The molecule has 2 atom stereocenters. The van der Waals surface area contributed by atoms with Gasteiger partial charge in [0.15, 0.2) is 0 Å². The molecule has 1 N–H and O–H groups in total. The highest BCUT2D eigenvalue weighted by atomic mass is 16.6. The summed E-state index contributed by atoms with van der Waals surface area (Å²) in [4.78, 5) is 10.8. The summed E-state index contributed by atoms with van der Waals surface area (Å²) in [6.45, 7) is 5.04. The first-order valence-corrected chi connectivity index (χ1v) is 5.22. The quantitative estimate of drug-likeness (QED) is 0.713. The van der Waals surface area contributed by atoms with Gasteiger partial charge in [-0.15, -0.1) is 0 Å². The van der Waals surface area contributed by atoms with E-state index >= 15 is 0 Å². The SMILES string of the molecule is CCCCC(CC)C1CNC(=O)O1. The normalized spacial score (nSPS) is 23.8. The van der Waals surface area contributed by atoms with Crippen LogP contribution in [-0.4, -0.2) is 18.7 Å². The van der Waals surface area contributed by atoms with Crippen LogP contribution in [0.25, 0.3) is 0 Å². The van der Waals surface area contributed by atoms with Crippen molar-refractivity contribution in [3.63, 3.8) is 0 Å². The molecule has 0 aromatic carbocycles. The minimum absolute atomic E-state index is 0.115. The molecule has 0 saturated carbocycles. The molecular formula is C10H19NO2. The number of hydrogen-bond donors (Lipinski definition) is 1. The number of rotatable bonds is 5. The molecule has 0 aromatic heterocycles. The van der Waals surface area contributed by atoms with Crippen molar-refractivity contribution in [3.05, 3.63) is 0 Å². The Morgan fingerprint density at radius 3 is 2.85 bits per heavy atom. The van der Waals surface area contributed by atoms with Crippen molar-refractivity contribution in [1.29, 1.82) is 0 Å². The first-order valence-electron chi connectivity index (χ1n) is 5.22. The van der Waals surface area contributed by atoms with Gasteiger partial charge in [0.25, 0.3) is 0 Å². The smallest absolute Gasteiger partial charge is 0.407 e. The number of nitrogens with one attached hydrogen (secondary N) is 1. The summed E-state index contributed by atoms with van der Waals surface area (Å²) >= 11 is 0. The fourth-order valence-corrected chi connectivity index (χ4v) is 1.79. The van der Waals surface area contributed by atoms with E-state index in [0.29, 0.717) is 12.5 Å². The second-order valence-electron chi connectivity index (χ2n) is 3.64. The summed E-state index contributed by atoms with van der Waals surface area (Å²) in [7, 11) is 0. The molecule has 1 amide bonds. The van der Waals surface area contributed by atoms with Gasteiger partial charge in [-0.2, -0.15) is 0 Å². The number of carbonyl (C=O) groups is 1. The van der Waals surface area contributed by atoms with Gasteiger partial charge in [-0.3, -0.25) is 0 Å². The molecule has 3 heteroatoms. The number of ether oxygens (including phenoxy) is 1. The van der Waals surface area contributed by atoms with Gasteiger partial charge in [0.1, 0.15) is 6.10 Å². The average Bonchev–Trinajstić information content (AvgIpc) is 2.54. The molecule has 0 aliphatic carbocycles. The summed E-state index contributed by atoms with van der Waals surface area (Å²) in [5.41, 5.74) is 0. The fourth-order valence-electron chi connectivity index (χ4n) is 1.79. The molecule has 13 heavy (non-hydrogen) atoms. The lowest BCUT2D eigenvalue weighted by atomic mass is 9.93. The van der Waals surface area contributed by atoms with Crippen LogP contribution in [0.15, 0.2) is 0 Å². The summed E-state index contributed by atoms with van der Waals surface area (Å²) in [6.07, 6.45) is 4.58. The highest BCUT2D eigenvalue weighted by molar-refractivity contribution is 5.69. The van der Waals surface area contributed by atoms with Crippen molar-refractivity contribution in [3.8, 4) is 0 Å². The van der Waals surface area contributed by atoms with Crippen LogP contribution >= 0.6 is 0 Å². The third kappa shape index (κ3) is 2.90. The predicted molar refractivity (Wildman–Crippen MR) is 51.6 cm³/mol. The molecule has 1 heterocycles. The van der Waals surface area contributed by atoms with E-state index in [-0.39, 0.29) is 12.2 Å². The largest absolute Gasteiger partial charge is 0.444 e. The van der Waals surface area contributed by atoms with Crippen LogP contribution in [-0.2, 0) is 4.74 Å². The topological polar surface area (TPSA) is 38.3 Å². The Hall–Kier alpha value is -0.730. The van der Waals surface area contributed by atoms with Crippen molar-refractivity contribution in [1.82, 2.24) is 5.32 Å². The molecule has 1 aliphatic rings. The fraction of sp³-hybridized carbons (Fsp3) is 0.900. The summed E-state index contributed by atoms with van der Waals surface area (Å²) in [6, 6.07) is 0. The maximum Gasteiger partial charge on any atom is 0.407 e. The maximum absolute atomic E-state index is 10.8. The Morgan fingerprint density at radius 1 is 1.62 bits per heavy atom. The summed E-state index contributed by atoms with van der Waals surface area (Å²) in [5, 5.41) is 2.70. The van der Waals surface area contributed by atoms with Crippen molar-refractivity contribution in [2.75, 3.05) is 6.54 Å². The number of carbonyl (C=O) groups excluding carboxylic acids is 1. The molecule has 1 saturated heterocycles. The van der Waals surface area contributed by atoms with E-state index in [9.17, 15) is 4.79 Å². The molecule has 0 radical (unpaired) electrons. The second-order valence-corrected chi connectivity index (χ2v) is 3.64. The number of alkyl carbamates (subject to hydrolysis) is 1. The van der Waals surface area contributed by atoms with Gasteiger partial charge in [0.2, 0.25) is 0 Å². The number of unbranched alkanes of at least 4 members (excludes halogenated alkanes) is 1. The van der Waals surface area contributed by atoms with Gasteiger partial charge in [0.05, 0.1) is 6.54 Å². The van der Waals surface area contributed by atoms with Crippen molar-refractivity contribution in [2.24, 2.45) is 5.92 Å².